The first-order valence-corrected chi connectivity index (χ1v) is 9.26. The van der Waals surface area contributed by atoms with Crippen LogP contribution in [0.5, 0.6) is 0 Å². The summed E-state index contributed by atoms with van der Waals surface area (Å²) in [5.74, 6) is -0.0213. The molecule has 3 aromatic rings. The molecule has 3 rings (SSSR count). The van der Waals surface area contributed by atoms with Gasteiger partial charge < -0.3 is 14.5 Å². The molecule has 8 nitrogen and oxygen atoms in total. The SMILES string of the molecule is CCOC(=O)c1ccc(NC(=O)CCCn2nc(-c3ccco3)ccc2=O)cc1. The predicted octanol–water partition coefficient (Wildman–Crippen LogP) is 3.10. The Morgan fingerprint density at radius 1 is 1.14 bits per heavy atom. The van der Waals surface area contributed by atoms with Gasteiger partial charge >= 0.3 is 5.97 Å². The highest BCUT2D eigenvalue weighted by Crippen LogP contribution is 2.15. The number of hydrogen-bond acceptors (Lipinski definition) is 6. The Labute approximate surface area is 167 Å². The largest absolute Gasteiger partial charge is 0.463 e. The Hall–Kier alpha value is -3.68. The van der Waals surface area contributed by atoms with Crippen LogP contribution < -0.4 is 10.9 Å². The molecule has 0 bridgehead atoms. The number of anilines is 1. The number of aryl methyl sites for hydroxylation is 1. The van der Waals surface area contributed by atoms with Crippen LogP contribution in [0.2, 0.25) is 0 Å². The van der Waals surface area contributed by atoms with Crippen LogP contribution in [0.4, 0.5) is 5.69 Å². The summed E-state index contributed by atoms with van der Waals surface area (Å²) in [6.45, 7) is 2.35. The molecule has 150 valence electrons. The number of rotatable bonds is 8. The number of nitrogens with one attached hydrogen (secondary N) is 1. The van der Waals surface area contributed by atoms with Gasteiger partial charge in [0.2, 0.25) is 5.91 Å². The lowest BCUT2D eigenvalue weighted by molar-refractivity contribution is -0.116. The van der Waals surface area contributed by atoms with E-state index in [0.717, 1.165) is 0 Å². The van der Waals surface area contributed by atoms with Crippen molar-refractivity contribution in [3.63, 3.8) is 0 Å². The number of carbonyl (C=O) groups is 2. The van der Waals surface area contributed by atoms with E-state index in [1.165, 1.54) is 17.0 Å². The van der Waals surface area contributed by atoms with Crippen LogP contribution in [0.25, 0.3) is 11.5 Å². The van der Waals surface area contributed by atoms with Crippen molar-refractivity contribution in [2.75, 3.05) is 11.9 Å². The average molecular weight is 395 g/mol. The molecule has 2 aromatic heterocycles. The van der Waals surface area contributed by atoms with Gasteiger partial charge in [0.05, 0.1) is 18.4 Å². The molecule has 0 aliphatic rings. The molecule has 0 unspecified atom stereocenters. The van der Waals surface area contributed by atoms with Crippen molar-refractivity contribution in [3.8, 4) is 11.5 Å². The van der Waals surface area contributed by atoms with E-state index in [9.17, 15) is 14.4 Å². The third-order valence-corrected chi connectivity index (χ3v) is 4.09. The second-order valence-corrected chi connectivity index (χ2v) is 6.21. The molecule has 0 aliphatic heterocycles. The van der Waals surface area contributed by atoms with Crippen LogP contribution in [0.3, 0.4) is 0 Å². The highest BCUT2D eigenvalue weighted by molar-refractivity contribution is 5.93. The van der Waals surface area contributed by atoms with Gasteiger partial charge in [0, 0.05) is 24.7 Å². The van der Waals surface area contributed by atoms with Crippen molar-refractivity contribution in [3.05, 3.63) is 70.7 Å². The molecule has 1 N–H and O–H groups in total. The summed E-state index contributed by atoms with van der Waals surface area (Å²) in [5.41, 5.74) is 1.32. The normalized spacial score (nSPS) is 10.5. The quantitative estimate of drug-likeness (QED) is 0.588. The Balaban J connectivity index is 1.52. The highest BCUT2D eigenvalue weighted by Gasteiger charge is 2.09. The van der Waals surface area contributed by atoms with Crippen molar-refractivity contribution in [1.82, 2.24) is 9.78 Å². The van der Waals surface area contributed by atoms with Crippen LogP contribution in [0.1, 0.15) is 30.1 Å². The Kier molecular flexibility index (Phi) is 6.57. The minimum absolute atomic E-state index is 0.191. The zero-order valence-electron chi connectivity index (χ0n) is 16.0. The first-order chi connectivity index (χ1) is 14.1. The molecule has 0 atom stereocenters. The maximum absolute atomic E-state index is 12.1. The minimum atomic E-state index is -0.403. The Morgan fingerprint density at radius 3 is 2.62 bits per heavy atom. The smallest absolute Gasteiger partial charge is 0.338 e. The monoisotopic (exact) mass is 395 g/mol. The van der Waals surface area contributed by atoms with E-state index < -0.39 is 5.97 Å². The van der Waals surface area contributed by atoms with E-state index in [4.69, 9.17) is 9.15 Å². The molecule has 1 amide bonds. The van der Waals surface area contributed by atoms with Crippen LogP contribution in [0.15, 0.2) is 64.0 Å². The number of nitrogens with zero attached hydrogens (tertiary/aromatic N) is 2. The second kappa shape index (κ2) is 9.50. The number of benzene rings is 1. The van der Waals surface area contributed by atoms with Crippen molar-refractivity contribution in [2.45, 2.75) is 26.3 Å². The van der Waals surface area contributed by atoms with Crippen LogP contribution in [-0.4, -0.2) is 28.3 Å². The van der Waals surface area contributed by atoms with Crippen LogP contribution in [-0.2, 0) is 16.1 Å². The third-order valence-electron chi connectivity index (χ3n) is 4.09. The number of aromatic nitrogens is 2. The summed E-state index contributed by atoms with van der Waals surface area (Å²) in [6, 6.07) is 13.0. The fourth-order valence-electron chi connectivity index (χ4n) is 2.68. The zero-order valence-corrected chi connectivity index (χ0v) is 16.0. The van der Waals surface area contributed by atoms with Gasteiger partial charge in [0.15, 0.2) is 5.76 Å². The number of amides is 1. The van der Waals surface area contributed by atoms with Gasteiger partial charge in [-0.15, -0.1) is 0 Å². The van der Waals surface area contributed by atoms with E-state index in [2.05, 4.69) is 10.4 Å². The molecule has 29 heavy (non-hydrogen) atoms. The van der Waals surface area contributed by atoms with Gasteiger partial charge in [-0.25, -0.2) is 9.48 Å². The summed E-state index contributed by atoms with van der Waals surface area (Å²) in [7, 11) is 0. The molecule has 0 fully saturated rings. The molecule has 0 saturated heterocycles. The van der Waals surface area contributed by atoms with E-state index in [-0.39, 0.29) is 17.9 Å². The molecule has 0 saturated carbocycles. The van der Waals surface area contributed by atoms with E-state index >= 15 is 0 Å². The summed E-state index contributed by atoms with van der Waals surface area (Å²) in [4.78, 5) is 35.7. The van der Waals surface area contributed by atoms with Gasteiger partial charge in [-0.1, -0.05) is 0 Å². The summed E-state index contributed by atoms with van der Waals surface area (Å²) in [5, 5.41) is 7.03. The maximum Gasteiger partial charge on any atom is 0.338 e. The first-order valence-electron chi connectivity index (χ1n) is 9.26. The van der Waals surface area contributed by atoms with Crippen LogP contribution >= 0.6 is 0 Å². The van der Waals surface area contributed by atoms with Crippen LogP contribution in [0, 0.1) is 0 Å². The molecule has 1 aromatic carbocycles. The predicted molar refractivity (Wildman–Crippen MR) is 106 cm³/mol. The molecule has 0 radical (unpaired) electrons. The molecule has 0 spiro atoms. The lowest BCUT2D eigenvalue weighted by Gasteiger charge is -2.08. The Morgan fingerprint density at radius 2 is 1.93 bits per heavy atom. The van der Waals surface area contributed by atoms with E-state index in [0.29, 0.717) is 42.3 Å². The topological polar surface area (TPSA) is 103 Å². The highest BCUT2D eigenvalue weighted by atomic mass is 16.5. The number of hydrogen-bond donors (Lipinski definition) is 1. The number of carbonyl (C=O) groups excluding carboxylic acids is 2. The number of esters is 1. The Bertz CT molecular complexity index is 1020. The molecule has 8 heteroatoms. The van der Waals surface area contributed by atoms with Crippen molar-refractivity contribution < 1.29 is 18.7 Å². The standard InChI is InChI=1S/C21H21N3O5/c1-2-28-21(27)15-7-9-16(10-8-15)22-19(25)6-3-13-24-20(26)12-11-17(23-24)18-5-4-14-29-18/h4-5,7-12,14H,2-3,6,13H2,1H3,(H,22,25). The van der Waals surface area contributed by atoms with Gasteiger partial charge in [0.25, 0.3) is 5.56 Å². The lowest BCUT2D eigenvalue weighted by atomic mass is 10.2. The lowest BCUT2D eigenvalue weighted by Crippen LogP contribution is -2.23. The fourth-order valence-corrected chi connectivity index (χ4v) is 2.68. The van der Waals surface area contributed by atoms with Gasteiger partial charge in [-0.05, 0) is 55.8 Å². The molecule has 2 heterocycles. The fraction of sp³-hybridized carbons (Fsp3) is 0.238. The van der Waals surface area contributed by atoms with Crippen molar-refractivity contribution >= 4 is 17.6 Å². The average Bonchev–Trinajstić information content (AvgIpc) is 3.25. The summed E-state index contributed by atoms with van der Waals surface area (Å²) < 4.78 is 11.5. The minimum Gasteiger partial charge on any atom is -0.463 e. The molecular weight excluding hydrogens is 374 g/mol. The van der Waals surface area contributed by atoms with Crippen molar-refractivity contribution in [1.29, 1.82) is 0 Å². The summed E-state index contributed by atoms with van der Waals surface area (Å²) >= 11 is 0. The third kappa shape index (κ3) is 5.41. The van der Waals surface area contributed by atoms with Gasteiger partial charge in [-0.2, -0.15) is 5.10 Å². The van der Waals surface area contributed by atoms with Gasteiger partial charge in [-0.3, -0.25) is 9.59 Å². The molecule has 0 aliphatic carbocycles. The zero-order chi connectivity index (χ0) is 20.6. The molecular formula is C21H21N3O5. The first kappa shape index (κ1) is 20.1. The van der Waals surface area contributed by atoms with Crippen molar-refractivity contribution in [2.24, 2.45) is 0 Å². The second-order valence-electron chi connectivity index (χ2n) is 6.21. The number of ether oxygens (including phenoxy) is 1. The van der Waals surface area contributed by atoms with E-state index in [1.54, 1.807) is 49.4 Å². The number of furan rings is 1. The maximum atomic E-state index is 12.1. The van der Waals surface area contributed by atoms with Gasteiger partial charge in [0.1, 0.15) is 5.69 Å². The van der Waals surface area contributed by atoms with E-state index in [1.807, 2.05) is 0 Å². The summed E-state index contributed by atoms with van der Waals surface area (Å²) in [6.07, 6.45) is 2.20.